The molecule has 0 saturated heterocycles. The van der Waals surface area contributed by atoms with E-state index in [9.17, 15) is 12.8 Å². The topological polar surface area (TPSA) is 49.7 Å². The Bertz CT molecular complexity index is 576. The molecule has 0 atom stereocenters. The third-order valence-electron chi connectivity index (χ3n) is 2.31. The molecule has 0 fully saturated rings. The van der Waals surface area contributed by atoms with Crippen molar-refractivity contribution >= 4 is 15.9 Å². The van der Waals surface area contributed by atoms with Crippen molar-refractivity contribution in [1.82, 2.24) is 4.31 Å². The molecule has 0 N–H and O–H groups in total. The smallest absolute Gasteiger partial charge is 0.233 e. The Hall–Kier alpha value is -1.69. The lowest BCUT2D eigenvalue weighted by Gasteiger charge is -2.24. The number of aliphatic imine (C=N–C) groups is 1. The summed E-state index contributed by atoms with van der Waals surface area (Å²) in [5.41, 5.74) is 0.571. The van der Waals surface area contributed by atoms with Crippen LogP contribution in [0.3, 0.4) is 0 Å². The largest absolute Gasteiger partial charge is 0.250 e. The van der Waals surface area contributed by atoms with E-state index in [1.54, 1.807) is 12.3 Å². The summed E-state index contributed by atoms with van der Waals surface area (Å²) in [6.07, 6.45) is 4.31. The first-order valence-electron chi connectivity index (χ1n) is 4.95. The van der Waals surface area contributed by atoms with Crippen LogP contribution in [0.4, 0.5) is 4.39 Å². The standard InChI is InChI=1S/C11H11FN2O2S/c1-17(15,16)14-8-2-7-13-11(14)9-3-5-10(12)6-4-9/h2-7H,8H2,1H3. The highest BCUT2D eigenvalue weighted by Gasteiger charge is 2.22. The van der Waals surface area contributed by atoms with E-state index in [0.717, 1.165) is 6.26 Å². The monoisotopic (exact) mass is 254 g/mol. The molecule has 1 aromatic carbocycles. The number of benzene rings is 1. The van der Waals surface area contributed by atoms with Crippen molar-refractivity contribution in [2.24, 2.45) is 4.99 Å². The molecule has 0 amide bonds. The van der Waals surface area contributed by atoms with E-state index in [0.29, 0.717) is 11.4 Å². The maximum Gasteiger partial charge on any atom is 0.233 e. The van der Waals surface area contributed by atoms with E-state index in [4.69, 9.17) is 0 Å². The summed E-state index contributed by atoms with van der Waals surface area (Å²) in [5, 5.41) is 0. The van der Waals surface area contributed by atoms with Crippen molar-refractivity contribution in [1.29, 1.82) is 0 Å². The maximum absolute atomic E-state index is 12.8. The number of halogens is 1. The van der Waals surface area contributed by atoms with Gasteiger partial charge in [-0.25, -0.2) is 22.1 Å². The van der Waals surface area contributed by atoms with Crippen LogP contribution in [0.5, 0.6) is 0 Å². The van der Waals surface area contributed by atoms with Gasteiger partial charge >= 0.3 is 0 Å². The number of hydrogen-bond donors (Lipinski definition) is 0. The lowest BCUT2D eigenvalue weighted by atomic mass is 10.2. The summed E-state index contributed by atoms with van der Waals surface area (Å²) in [5.74, 6) is -0.0541. The number of nitrogens with zero attached hydrogens (tertiary/aromatic N) is 2. The average Bonchev–Trinajstić information content (AvgIpc) is 2.29. The SMILES string of the molecule is CS(=O)(=O)N1CC=CN=C1c1ccc(F)cc1. The molecular weight excluding hydrogens is 243 g/mol. The highest BCUT2D eigenvalue weighted by Crippen LogP contribution is 2.14. The first kappa shape index (κ1) is 11.8. The molecule has 90 valence electrons. The van der Waals surface area contributed by atoms with Gasteiger partial charge in [0.25, 0.3) is 0 Å². The molecule has 0 unspecified atom stereocenters. The second-order valence-electron chi connectivity index (χ2n) is 3.64. The van der Waals surface area contributed by atoms with Crippen molar-refractivity contribution in [3.05, 3.63) is 47.9 Å². The molecule has 2 rings (SSSR count). The molecule has 4 nitrogen and oxygen atoms in total. The van der Waals surface area contributed by atoms with Gasteiger partial charge in [-0.3, -0.25) is 0 Å². The van der Waals surface area contributed by atoms with Crippen LogP contribution in [0.25, 0.3) is 0 Å². The van der Waals surface area contributed by atoms with Gasteiger partial charge in [-0.1, -0.05) is 0 Å². The van der Waals surface area contributed by atoms with Gasteiger partial charge in [0.1, 0.15) is 11.7 Å². The Labute approximate surface area is 99.1 Å². The van der Waals surface area contributed by atoms with Crippen LogP contribution in [0.2, 0.25) is 0 Å². The van der Waals surface area contributed by atoms with Gasteiger partial charge in [-0.15, -0.1) is 0 Å². The minimum Gasteiger partial charge on any atom is -0.250 e. The highest BCUT2D eigenvalue weighted by molar-refractivity contribution is 7.88. The van der Waals surface area contributed by atoms with Crippen molar-refractivity contribution < 1.29 is 12.8 Å². The summed E-state index contributed by atoms with van der Waals surface area (Å²) in [6.45, 7) is 0.245. The van der Waals surface area contributed by atoms with Crippen LogP contribution < -0.4 is 0 Å². The Morgan fingerprint density at radius 1 is 1.29 bits per heavy atom. The quantitative estimate of drug-likeness (QED) is 0.800. The lowest BCUT2D eigenvalue weighted by molar-refractivity contribution is 0.545. The second kappa shape index (κ2) is 4.29. The van der Waals surface area contributed by atoms with E-state index in [1.165, 1.54) is 28.6 Å². The number of hydrogen-bond acceptors (Lipinski definition) is 3. The summed E-state index contributed by atoms with van der Waals surface area (Å²) in [7, 11) is -3.38. The molecule has 1 aromatic rings. The van der Waals surface area contributed by atoms with Gasteiger partial charge in [0, 0.05) is 11.8 Å². The van der Waals surface area contributed by atoms with E-state index in [1.807, 2.05) is 0 Å². The van der Waals surface area contributed by atoms with Crippen LogP contribution in [0.1, 0.15) is 5.56 Å². The number of amidine groups is 1. The van der Waals surface area contributed by atoms with Gasteiger partial charge in [0.2, 0.25) is 10.0 Å². The molecule has 0 spiro atoms. The normalized spacial score (nSPS) is 15.9. The molecule has 0 bridgehead atoms. The van der Waals surface area contributed by atoms with Gasteiger partial charge in [0.15, 0.2) is 0 Å². The molecule has 6 heteroatoms. The van der Waals surface area contributed by atoms with E-state index in [-0.39, 0.29) is 12.4 Å². The van der Waals surface area contributed by atoms with Gasteiger partial charge in [-0.05, 0) is 30.3 Å². The Morgan fingerprint density at radius 3 is 2.53 bits per heavy atom. The third-order valence-corrected chi connectivity index (χ3v) is 3.44. The summed E-state index contributed by atoms with van der Waals surface area (Å²) < 4.78 is 37.1. The predicted octanol–water partition coefficient (Wildman–Crippen LogP) is 1.36. The fourth-order valence-corrected chi connectivity index (χ4v) is 2.35. The van der Waals surface area contributed by atoms with E-state index < -0.39 is 10.0 Å². The fraction of sp³-hybridized carbons (Fsp3) is 0.182. The minimum absolute atomic E-state index is 0.245. The molecule has 0 radical (unpaired) electrons. The average molecular weight is 254 g/mol. The van der Waals surface area contributed by atoms with Gasteiger partial charge in [0.05, 0.1) is 12.8 Å². The Balaban J connectivity index is 2.45. The first-order chi connectivity index (χ1) is 7.98. The Kier molecular flexibility index (Phi) is 2.97. The zero-order valence-electron chi connectivity index (χ0n) is 9.17. The van der Waals surface area contributed by atoms with Gasteiger partial charge < -0.3 is 0 Å². The van der Waals surface area contributed by atoms with Crippen molar-refractivity contribution in [3.8, 4) is 0 Å². The zero-order chi connectivity index (χ0) is 12.5. The van der Waals surface area contributed by atoms with Crippen LogP contribution in [-0.4, -0.2) is 31.4 Å². The summed E-state index contributed by atoms with van der Waals surface area (Å²) in [6, 6.07) is 5.56. The van der Waals surface area contributed by atoms with Crippen LogP contribution in [-0.2, 0) is 10.0 Å². The minimum atomic E-state index is -3.38. The molecule has 0 saturated carbocycles. The molecule has 1 heterocycles. The lowest BCUT2D eigenvalue weighted by Crippen LogP contribution is -2.38. The second-order valence-corrected chi connectivity index (χ2v) is 5.55. The van der Waals surface area contributed by atoms with Gasteiger partial charge in [-0.2, -0.15) is 0 Å². The number of rotatable bonds is 2. The van der Waals surface area contributed by atoms with Crippen molar-refractivity contribution in [2.45, 2.75) is 0 Å². The molecule has 1 aliphatic rings. The highest BCUT2D eigenvalue weighted by atomic mass is 32.2. The van der Waals surface area contributed by atoms with E-state index in [2.05, 4.69) is 4.99 Å². The van der Waals surface area contributed by atoms with Crippen molar-refractivity contribution in [2.75, 3.05) is 12.8 Å². The van der Waals surface area contributed by atoms with Crippen LogP contribution in [0.15, 0.2) is 41.5 Å². The maximum atomic E-state index is 12.8. The molecule has 17 heavy (non-hydrogen) atoms. The molecular formula is C11H11FN2O2S. The third kappa shape index (κ3) is 2.52. The molecule has 0 aliphatic carbocycles. The Morgan fingerprint density at radius 2 is 1.94 bits per heavy atom. The first-order valence-corrected chi connectivity index (χ1v) is 6.80. The van der Waals surface area contributed by atoms with Crippen molar-refractivity contribution in [3.63, 3.8) is 0 Å². The predicted molar refractivity (Wildman–Crippen MR) is 63.6 cm³/mol. The number of sulfonamides is 1. The molecule has 0 aromatic heterocycles. The fourth-order valence-electron chi connectivity index (χ4n) is 1.53. The summed E-state index contributed by atoms with van der Waals surface area (Å²) >= 11 is 0. The van der Waals surface area contributed by atoms with Crippen LogP contribution >= 0.6 is 0 Å². The van der Waals surface area contributed by atoms with Crippen LogP contribution in [0, 0.1) is 5.82 Å². The van der Waals surface area contributed by atoms with E-state index >= 15 is 0 Å². The molecule has 1 aliphatic heterocycles. The summed E-state index contributed by atoms with van der Waals surface area (Å²) in [4.78, 5) is 4.04. The zero-order valence-corrected chi connectivity index (χ0v) is 9.98.